The van der Waals surface area contributed by atoms with E-state index in [9.17, 15) is 0 Å². The van der Waals surface area contributed by atoms with Gasteiger partial charge >= 0.3 is 0 Å². The number of unbranched alkanes of at least 4 members (excludes halogenated alkanes) is 1. The van der Waals surface area contributed by atoms with Gasteiger partial charge in [-0.05, 0) is 37.0 Å². The zero-order valence-corrected chi connectivity index (χ0v) is 10.00. The van der Waals surface area contributed by atoms with E-state index in [1.54, 1.807) is 0 Å². The summed E-state index contributed by atoms with van der Waals surface area (Å²) >= 11 is 0. The van der Waals surface area contributed by atoms with Crippen LogP contribution in [0.3, 0.4) is 0 Å². The lowest BCUT2D eigenvalue weighted by Crippen LogP contribution is -2.07. The molecular formula is C14H20N2. The maximum Gasteiger partial charge on any atom is 0.101 e. The van der Waals surface area contributed by atoms with Gasteiger partial charge in [0, 0.05) is 18.7 Å². The Hall–Kier alpha value is -1.31. The fraction of sp³-hybridized carbons (Fsp3) is 0.500. The third-order valence-corrected chi connectivity index (χ3v) is 2.94. The van der Waals surface area contributed by atoms with Gasteiger partial charge in [0.1, 0.15) is 5.84 Å². The van der Waals surface area contributed by atoms with Crippen LogP contribution in [0.15, 0.2) is 29.3 Å². The van der Waals surface area contributed by atoms with Gasteiger partial charge in [-0.2, -0.15) is 0 Å². The largest absolute Gasteiger partial charge is 0.344 e. The second-order valence-corrected chi connectivity index (χ2v) is 4.36. The Morgan fingerprint density at radius 2 is 2.06 bits per heavy atom. The number of anilines is 1. The molecule has 0 fully saturated rings. The van der Waals surface area contributed by atoms with E-state index < -0.39 is 0 Å². The predicted molar refractivity (Wildman–Crippen MR) is 70.2 cm³/mol. The monoisotopic (exact) mass is 216 g/mol. The summed E-state index contributed by atoms with van der Waals surface area (Å²) in [6, 6.07) is 8.75. The number of amidine groups is 1. The van der Waals surface area contributed by atoms with Crippen molar-refractivity contribution in [2.45, 2.75) is 39.0 Å². The molecule has 1 aromatic carbocycles. The molecule has 0 radical (unpaired) electrons. The minimum Gasteiger partial charge on any atom is -0.344 e. The topological polar surface area (TPSA) is 24.4 Å². The molecule has 2 rings (SSSR count). The highest BCUT2D eigenvalue weighted by molar-refractivity contribution is 5.96. The van der Waals surface area contributed by atoms with Gasteiger partial charge in [0.2, 0.25) is 0 Å². The average molecular weight is 216 g/mol. The van der Waals surface area contributed by atoms with E-state index in [1.807, 2.05) is 0 Å². The SMILES string of the molecule is CCCCc1ccc(NC2=NCCC2)cc1. The van der Waals surface area contributed by atoms with Crippen LogP contribution in [-0.2, 0) is 6.42 Å². The normalized spacial score (nSPS) is 14.9. The molecule has 0 saturated heterocycles. The van der Waals surface area contributed by atoms with Crippen molar-refractivity contribution in [3.05, 3.63) is 29.8 Å². The molecule has 0 amide bonds. The summed E-state index contributed by atoms with van der Waals surface area (Å²) in [4.78, 5) is 4.41. The highest BCUT2D eigenvalue weighted by atomic mass is 15.0. The third-order valence-electron chi connectivity index (χ3n) is 2.94. The van der Waals surface area contributed by atoms with Crippen LogP contribution >= 0.6 is 0 Å². The fourth-order valence-electron chi connectivity index (χ4n) is 1.94. The second kappa shape index (κ2) is 5.69. The number of benzene rings is 1. The van der Waals surface area contributed by atoms with E-state index in [0.717, 1.165) is 18.8 Å². The van der Waals surface area contributed by atoms with E-state index in [4.69, 9.17) is 0 Å². The van der Waals surface area contributed by atoms with Crippen molar-refractivity contribution < 1.29 is 0 Å². The molecule has 0 saturated carbocycles. The lowest BCUT2D eigenvalue weighted by molar-refractivity contribution is 0.795. The highest BCUT2D eigenvalue weighted by Gasteiger charge is 2.05. The lowest BCUT2D eigenvalue weighted by Gasteiger charge is -2.06. The number of aliphatic imine (C=N–C) groups is 1. The molecule has 0 bridgehead atoms. The van der Waals surface area contributed by atoms with Crippen LogP contribution in [0, 0.1) is 0 Å². The van der Waals surface area contributed by atoms with Crippen LogP contribution in [-0.4, -0.2) is 12.4 Å². The number of aryl methyl sites for hydroxylation is 1. The van der Waals surface area contributed by atoms with Crippen molar-refractivity contribution in [2.24, 2.45) is 4.99 Å². The molecule has 1 N–H and O–H groups in total. The first-order valence-corrected chi connectivity index (χ1v) is 6.28. The fourth-order valence-corrected chi connectivity index (χ4v) is 1.94. The minimum absolute atomic E-state index is 0.983. The van der Waals surface area contributed by atoms with Crippen molar-refractivity contribution >= 4 is 11.5 Å². The molecule has 1 heterocycles. The van der Waals surface area contributed by atoms with Crippen molar-refractivity contribution in [1.82, 2.24) is 0 Å². The molecule has 1 aromatic rings. The predicted octanol–water partition coefficient (Wildman–Crippen LogP) is 3.63. The summed E-state index contributed by atoms with van der Waals surface area (Å²) in [7, 11) is 0. The quantitative estimate of drug-likeness (QED) is 0.816. The van der Waals surface area contributed by atoms with Crippen LogP contribution < -0.4 is 5.32 Å². The van der Waals surface area contributed by atoms with Crippen molar-refractivity contribution in [3.63, 3.8) is 0 Å². The maximum atomic E-state index is 4.41. The van der Waals surface area contributed by atoms with Gasteiger partial charge in [-0.3, -0.25) is 4.99 Å². The van der Waals surface area contributed by atoms with E-state index in [-0.39, 0.29) is 0 Å². The van der Waals surface area contributed by atoms with E-state index in [0.29, 0.717) is 0 Å². The number of nitrogens with one attached hydrogen (secondary N) is 1. The molecule has 0 unspecified atom stereocenters. The molecular weight excluding hydrogens is 196 g/mol. The van der Waals surface area contributed by atoms with Gasteiger partial charge < -0.3 is 5.32 Å². The minimum atomic E-state index is 0.983. The van der Waals surface area contributed by atoms with Gasteiger partial charge in [-0.25, -0.2) is 0 Å². The van der Waals surface area contributed by atoms with E-state index in [1.165, 1.54) is 36.9 Å². The smallest absolute Gasteiger partial charge is 0.101 e. The average Bonchev–Trinajstić information content (AvgIpc) is 2.81. The van der Waals surface area contributed by atoms with Crippen molar-refractivity contribution in [2.75, 3.05) is 11.9 Å². The first-order valence-electron chi connectivity index (χ1n) is 6.28. The number of hydrogen-bond donors (Lipinski definition) is 1. The summed E-state index contributed by atoms with van der Waals surface area (Å²) in [6.07, 6.45) is 6.02. The van der Waals surface area contributed by atoms with Crippen LogP contribution in [0.1, 0.15) is 38.2 Å². The number of hydrogen-bond acceptors (Lipinski definition) is 2. The van der Waals surface area contributed by atoms with E-state index in [2.05, 4.69) is 41.5 Å². The molecule has 0 spiro atoms. The maximum absolute atomic E-state index is 4.41. The Labute approximate surface area is 97.8 Å². The molecule has 2 heteroatoms. The molecule has 86 valence electrons. The third kappa shape index (κ3) is 3.09. The molecule has 1 aliphatic heterocycles. The second-order valence-electron chi connectivity index (χ2n) is 4.36. The van der Waals surface area contributed by atoms with Crippen molar-refractivity contribution in [1.29, 1.82) is 0 Å². The Morgan fingerprint density at radius 1 is 1.25 bits per heavy atom. The van der Waals surface area contributed by atoms with E-state index >= 15 is 0 Å². The Balaban J connectivity index is 1.91. The Morgan fingerprint density at radius 3 is 2.69 bits per heavy atom. The van der Waals surface area contributed by atoms with Crippen LogP contribution in [0.25, 0.3) is 0 Å². The van der Waals surface area contributed by atoms with Gasteiger partial charge in [-0.15, -0.1) is 0 Å². The van der Waals surface area contributed by atoms with Gasteiger partial charge in [-0.1, -0.05) is 25.5 Å². The zero-order valence-electron chi connectivity index (χ0n) is 10.00. The summed E-state index contributed by atoms with van der Waals surface area (Å²) in [5.41, 5.74) is 2.60. The lowest BCUT2D eigenvalue weighted by atomic mass is 10.1. The Kier molecular flexibility index (Phi) is 3.97. The summed E-state index contributed by atoms with van der Waals surface area (Å²) < 4.78 is 0. The number of nitrogens with zero attached hydrogens (tertiary/aromatic N) is 1. The first-order chi connectivity index (χ1) is 7.88. The van der Waals surface area contributed by atoms with Crippen molar-refractivity contribution in [3.8, 4) is 0 Å². The van der Waals surface area contributed by atoms with Gasteiger partial charge in [0.15, 0.2) is 0 Å². The summed E-state index contributed by atoms with van der Waals surface area (Å²) in [5, 5.41) is 3.37. The molecule has 0 aromatic heterocycles. The zero-order chi connectivity index (χ0) is 11.2. The molecule has 0 atom stereocenters. The molecule has 2 nitrogen and oxygen atoms in total. The molecule has 1 aliphatic rings. The van der Waals surface area contributed by atoms with Gasteiger partial charge in [0.25, 0.3) is 0 Å². The number of rotatable bonds is 4. The van der Waals surface area contributed by atoms with Crippen LogP contribution in [0.5, 0.6) is 0 Å². The van der Waals surface area contributed by atoms with Crippen LogP contribution in [0.2, 0.25) is 0 Å². The summed E-state index contributed by atoms with van der Waals surface area (Å²) in [5.74, 6) is 1.14. The molecule has 0 aliphatic carbocycles. The summed E-state index contributed by atoms with van der Waals surface area (Å²) in [6.45, 7) is 3.21. The Bertz CT molecular complexity index is 352. The van der Waals surface area contributed by atoms with Gasteiger partial charge in [0.05, 0.1) is 0 Å². The molecule has 16 heavy (non-hydrogen) atoms. The highest BCUT2D eigenvalue weighted by Crippen LogP contribution is 2.14. The van der Waals surface area contributed by atoms with Crippen LogP contribution in [0.4, 0.5) is 5.69 Å². The standard InChI is InChI=1S/C14H20N2/c1-2-3-5-12-7-9-13(10-8-12)16-14-6-4-11-15-14/h7-10H,2-6,11H2,1H3,(H,15,16). The first kappa shape index (κ1) is 11.2.